The van der Waals surface area contributed by atoms with Gasteiger partial charge in [0.15, 0.2) is 5.03 Å². The van der Waals surface area contributed by atoms with Crippen molar-refractivity contribution < 1.29 is 14.6 Å². The van der Waals surface area contributed by atoms with Gasteiger partial charge in [-0.15, -0.1) is 5.43 Å². The third-order valence-corrected chi connectivity index (χ3v) is 4.28. The van der Waals surface area contributed by atoms with Gasteiger partial charge in [0, 0.05) is 11.8 Å². The third-order valence-electron chi connectivity index (χ3n) is 4.28. The molecule has 6 nitrogen and oxygen atoms in total. The van der Waals surface area contributed by atoms with E-state index in [-0.39, 0.29) is 23.7 Å². The van der Waals surface area contributed by atoms with Crippen molar-refractivity contribution in [2.24, 2.45) is 5.92 Å². The summed E-state index contributed by atoms with van der Waals surface area (Å²) in [4.78, 5) is 22.7. The topological polar surface area (TPSA) is 81.5 Å². The van der Waals surface area contributed by atoms with Crippen molar-refractivity contribution in [1.82, 2.24) is 0 Å². The molecule has 3 atom stereocenters. The lowest BCUT2D eigenvalue weighted by atomic mass is 10.0. The Kier molecular flexibility index (Phi) is 4.46. The van der Waals surface area contributed by atoms with E-state index in [0.29, 0.717) is 12.3 Å². The number of hydrogen-bond acceptors (Lipinski definition) is 4. The van der Waals surface area contributed by atoms with Crippen molar-refractivity contribution >= 4 is 11.7 Å². The average molecular weight is 326 g/mol. The number of nitro groups is 1. The summed E-state index contributed by atoms with van der Waals surface area (Å²) in [6.07, 6.45) is 0. The molecule has 0 saturated heterocycles. The second-order valence-electron chi connectivity index (χ2n) is 5.73. The first-order chi connectivity index (χ1) is 11.6. The fourth-order valence-electron chi connectivity index (χ4n) is 3.23. The zero-order valence-electron chi connectivity index (χ0n) is 13.2. The number of carbonyl (C=O) groups excluding carboxylic acids is 1. The second kappa shape index (κ2) is 6.70. The summed E-state index contributed by atoms with van der Waals surface area (Å²) < 4.78 is 5.21. The van der Waals surface area contributed by atoms with Crippen molar-refractivity contribution in [2.75, 3.05) is 12.0 Å². The molecule has 0 bridgehead atoms. The van der Waals surface area contributed by atoms with Crippen molar-refractivity contribution in [3.63, 3.8) is 0 Å². The number of ether oxygens (including phenoxy) is 1. The Labute approximate surface area is 139 Å². The van der Waals surface area contributed by atoms with Crippen LogP contribution in [0.15, 0.2) is 54.6 Å². The minimum absolute atomic E-state index is 0.0381. The number of rotatable bonds is 6. The number of esters is 1. The monoisotopic (exact) mass is 326 g/mol. The number of hydrazine groups is 1. The Morgan fingerprint density at radius 3 is 2.21 bits per heavy atom. The Bertz CT molecular complexity index is 730. The number of benzene rings is 2. The molecule has 1 N–H and O–H groups in total. The molecule has 3 rings (SSSR count). The molecule has 0 radical (unpaired) electrons. The Balaban J connectivity index is 1.84. The Morgan fingerprint density at radius 1 is 1.08 bits per heavy atom. The zero-order chi connectivity index (χ0) is 17.1. The van der Waals surface area contributed by atoms with Crippen molar-refractivity contribution in [3.8, 4) is 0 Å². The molecule has 0 unspecified atom stereocenters. The number of anilines is 1. The second-order valence-corrected chi connectivity index (χ2v) is 5.73. The highest BCUT2D eigenvalue weighted by atomic mass is 16.7. The average Bonchev–Trinajstić information content (AvgIpc) is 3.32. The molecule has 24 heavy (non-hydrogen) atoms. The summed E-state index contributed by atoms with van der Waals surface area (Å²) in [7, 11) is 0. The number of carbonyl (C=O) groups is 1. The van der Waals surface area contributed by atoms with Crippen LogP contribution >= 0.6 is 0 Å². The normalized spacial score (nSPS) is 21.8. The molecule has 1 aliphatic carbocycles. The molecule has 1 fully saturated rings. The molecule has 0 aromatic heterocycles. The van der Waals surface area contributed by atoms with Crippen LogP contribution < -0.4 is 5.43 Å². The third kappa shape index (κ3) is 3.22. The van der Waals surface area contributed by atoms with Crippen LogP contribution in [0.25, 0.3) is 0 Å². The highest BCUT2D eigenvalue weighted by molar-refractivity contribution is 5.80. The van der Waals surface area contributed by atoms with Crippen LogP contribution in [0.2, 0.25) is 0 Å². The smallest absolute Gasteiger partial charge is 0.310 e. The predicted octanol–water partition coefficient (Wildman–Crippen LogP) is 3.35. The summed E-state index contributed by atoms with van der Waals surface area (Å²) >= 11 is 0. The molecule has 1 aliphatic rings. The summed E-state index contributed by atoms with van der Waals surface area (Å²) in [5, 5.41) is 9.89. The van der Waals surface area contributed by atoms with E-state index in [1.165, 1.54) is 0 Å². The van der Waals surface area contributed by atoms with Crippen LogP contribution in [0.5, 0.6) is 0 Å². The molecule has 1 saturated carbocycles. The largest absolute Gasteiger partial charge is 0.466 e. The molecule has 2 aromatic rings. The highest BCUT2D eigenvalue weighted by Crippen LogP contribution is 2.61. The van der Waals surface area contributed by atoms with Crippen LogP contribution in [0.4, 0.5) is 5.69 Å². The van der Waals surface area contributed by atoms with E-state index in [4.69, 9.17) is 4.74 Å². The van der Waals surface area contributed by atoms with E-state index in [9.17, 15) is 14.9 Å². The molecule has 6 heteroatoms. The van der Waals surface area contributed by atoms with Crippen LogP contribution in [0.3, 0.4) is 0 Å². The number of nitrogens with zero attached hydrogens (tertiary/aromatic N) is 1. The van der Waals surface area contributed by atoms with Gasteiger partial charge in [-0.05, 0) is 30.2 Å². The maximum absolute atomic E-state index is 12.3. The first-order valence-electron chi connectivity index (χ1n) is 7.84. The van der Waals surface area contributed by atoms with Crippen molar-refractivity contribution in [1.29, 1.82) is 0 Å². The lowest BCUT2D eigenvalue weighted by Crippen LogP contribution is -2.08. The van der Waals surface area contributed by atoms with Gasteiger partial charge in [-0.3, -0.25) is 4.79 Å². The minimum atomic E-state index is -0.597. The molecule has 0 aliphatic heterocycles. The number of nitrogens with one attached hydrogen (secondary N) is 1. The van der Waals surface area contributed by atoms with E-state index in [1.54, 1.807) is 19.1 Å². The molecule has 0 spiro atoms. The minimum Gasteiger partial charge on any atom is -0.466 e. The lowest BCUT2D eigenvalue weighted by Gasteiger charge is -2.02. The van der Waals surface area contributed by atoms with Crippen LogP contribution in [0, 0.1) is 16.0 Å². The molecule has 2 aromatic carbocycles. The van der Waals surface area contributed by atoms with Gasteiger partial charge >= 0.3 is 5.97 Å². The van der Waals surface area contributed by atoms with E-state index in [1.807, 2.05) is 42.5 Å². The predicted molar refractivity (Wildman–Crippen MR) is 89.1 cm³/mol. The summed E-state index contributed by atoms with van der Waals surface area (Å²) in [5.41, 5.74) is 4.62. The molecular weight excluding hydrogens is 308 g/mol. The van der Waals surface area contributed by atoms with Gasteiger partial charge in [0.1, 0.15) is 5.69 Å². The standard InChI is InChI=1S/C18H18N2O4/c1-2-24-18(21)17-15(12-6-4-3-5-7-12)16(17)13-8-10-14(11-9-13)19-20(22)23/h3-11,15-17,19H,2H2,1H3/t15-,16-,17-/m1/s1. The first kappa shape index (κ1) is 16.0. The SMILES string of the molecule is CCOC(=O)[C@@H]1[C@H](c2ccccc2)[C@H]1c1ccc(N[N+](=O)[O-])cc1. The summed E-state index contributed by atoms with van der Waals surface area (Å²) in [5.74, 6) is -0.277. The van der Waals surface area contributed by atoms with Gasteiger partial charge in [-0.1, -0.05) is 42.5 Å². The van der Waals surface area contributed by atoms with E-state index >= 15 is 0 Å². The Hall–Kier alpha value is -2.89. The number of hydrogen-bond donors (Lipinski definition) is 1. The molecule has 0 amide bonds. The van der Waals surface area contributed by atoms with E-state index in [2.05, 4.69) is 5.43 Å². The van der Waals surface area contributed by atoms with Crippen LogP contribution in [0.1, 0.15) is 29.9 Å². The summed E-state index contributed by atoms with van der Waals surface area (Å²) in [6.45, 7) is 2.15. The van der Waals surface area contributed by atoms with Crippen molar-refractivity contribution in [2.45, 2.75) is 18.8 Å². The zero-order valence-corrected chi connectivity index (χ0v) is 13.2. The maximum Gasteiger partial charge on any atom is 0.310 e. The van der Waals surface area contributed by atoms with Gasteiger partial charge in [0.25, 0.3) is 0 Å². The molecule has 124 valence electrons. The van der Waals surface area contributed by atoms with Gasteiger partial charge in [-0.25, -0.2) is 10.1 Å². The molecular formula is C18H18N2O4. The van der Waals surface area contributed by atoms with E-state index in [0.717, 1.165) is 11.1 Å². The van der Waals surface area contributed by atoms with Crippen LogP contribution in [-0.2, 0) is 9.53 Å². The van der Waals surface area contributed by atoms with Gasteiger partial charge in [-0.2, -0.15) is 0 Å². The highest BCUT2D eigenvalue weighted by Gasteiger charge is 2.56. The van der Waals surface area contributed by atoms with Gasteiger partial charge < -0.3 is 4.74 Å². The van der Waals surface area contributed by atoms with Gasteiger partial charge in [0.2, 0.25) is 0 Å². The summed E-state index contributed by atoms with van der Waals surface area (Å²) in [6, 6.07) is 16.8. The maximum atomic E-state index is 12.3. The quantitative estimate of drug-likeness (QED) is 0.500. The molecule has 0 heterocycles. The lowest BCUT2D eigenvalue weighted by molar-refractivity contribution is -0.445. The fraction of sp³-hybridized carbons (Fsp3) is 0.278. The van der Waals surface area contributed by atoms with Gasteiger partial charge in [0.05, 0.1) is 12.5 Å². The van der Waals surface area contributed by atoms with Crippen molar-refractivity contribution in [3.05, 3.63) is 75.8 Å². The first-order valence-corrected chi connectivity index (χ1v) is 7.84. The van der Waals surface area contributed by atoms with Crippen LogP contribution in [-0.4, -0.2) is 17.6 Å². The fourth-order valence-corrected chi connectivity index (χ4v) is 3.23. The van der Waals surface area contributed by atoms with E-state index < -0.39 is 5.03 Å². The Morgan fingerprint density at radius 2 is 1.67 bits per heavy atom.